The highest BCUT2D eigenvalue weighted by Gasteiger charge is 1.96. The molecule has 2 nitrogen and oxygen atoms in total. The van der Waals surface area contributed by atoms with Crippen LogP contribution in [0.5, 0.6) is 0 Å². The molecule has 31 heavy (non-hydrogen) atoms. The summed E-state index contributed by atoms with van der Waals surface area (Å²) in [6.45, 7) is 4.33. The van der Waals surface area contributed by atoms with Gasteiger partial charge >= 0.3 is 6.47 Å². The zero-order valence-electron chi connectivity index (χ0n) is 21.4. The first-order valence-electron chi connectivity index (χ1n) is 14.4. The predicted octanol–water partition coefficient (Wildman–Crippen LogP) is 10.2. The van der Waals surface area contributed by atoms with Crippen LogP contribution in [0.3, 0.4) is 0 Å². The minimum atomic E-state index is 0.545. The van der Waals surface area contributed by atoms with E-state index in [1.54, 1.807) is 0 Å². The van der Waals surface area contributed by atoms with Crippen molar-refractivity contribution in [2.24, 2.45) is 0 Å². The van der Waals surface area contributed by atoms with Crippen LogP contribution in [0.25, 0.3) is 0 Å². The molecule has 0 rings (SSSR count). The molecule has 0 aromatic heterocycles. The number of ether oxygens (including phenoxy) is 1. The molecule has 0 bridgehead atoms. The monoisotopic (exact) mass is 437 g/mol. The maximum Gasteiger partial charge on any atom is 0.417 e. The van der Waals surface area contributed by atoms with Crippen molar-refractivity contribution in [1.29, 1.82) is 0 Å². The van der Waals surface area contributed by atoms with Crippen LogP contribution in [0.4, 0.5) is 0 Å². The van der Waals surface area contributed by atoms with Gasteiger partial charge in [-0.05, 0) is 6.42 Å². The van der Waals surface area contributed by atoms with Crippen molar-refractivity contribution in [1.82, 2.24) is 0 Å². The van der Waals surface area contributed by atoms with Gasteiger partial charge in [0.15, 0.2) is 0 Å². The minimum absolute atomic E-state index is 0.545. The highest BCUT2D eigenvalue weighted by atomic mass is 16.5. The third-order valence-electron chi connectivity index (χ3n) is 6.66. The average Bonchev–Trinajstić information content (AvgIpc) is 2.78. The number of unbranched alkanes of at least 4 members (excludes halogenated alkanes) is 25. The maximum atomic E-state index is 9.90. The maximum absolute atomic E-state index is 9.90. The third-order valence-corrected chi connectivity index (χ3v) is 6.66. The number of hydrogen-bond donors (Lipinski definition) is 0. The van der Waals surface area contributed by atoms with E-state index in [4.69, 9.17) is 0 Å². The van der Waals surface area contributed by atoms with Gasteiger partial charge in [0, 0.05) is 0 Å². The van der Waals surface area contributed by atoms with Crippen LogP contribution in [-0.2, 0) is 9.53 Å². The van der Waals surface area contributed by atoms with E-state index < -0.39 is 0 Å². The number of carbonyl (C=O) groups excluding carboxylic acids is 1. The highest BCUT2D eigenvalue weighted by molar-refractivity contribution is 5.37. The molecular formula is C29H57O2. The molecule has 0 saturated carbocycles. The van der Waals surface area contributed by atoms with Crippen molar-refractivity contribution in [2.45, 2.75) is 174 Å². The summed E-state index contributed by atoms with van der Waals surface area (Å²) in [6, 6.07) is 0. The van der Waals surface area contributed by atoms with E-state index in [1.807, 2.05) is 0 Å². The molecule has 0 unspecified atom stereocenters. The van der Waals surface area contributed by atoms with E-state index >= 15 is 0 Å². The molecule has 0 heterocycles. The molecule has 2 heteroatoms. The second-order valence-corrected chi connectivity index (χ2v) is 9.77. The largest absolute Gasteiger partial charge is 0.457 e. The predicted molar refractivity (Wildman–Crippen MR) is 137 cm³/mol. The van der Waals surface area contributed by atoms with Crippen molar-refractivity contribution < 1.29 is 9.53 Å². The summed E-state index contributed by atoms with van der Waals surface area (Å²) < 4.78 is 4.58. The zero-order chi connectivity index (χ0) is 22.5. The molecule has 185 valence electrons. The summed E-state index contributed by atoms with van der Waals surface area (Å²) in [7, 11) is 0. The second kappa shape index (κ2) is 29.5. The smallest absolute Gasteiger partial charge is 0.417 e. The Morgan fingerprint density at radius 3 is 0.839 bits per heavy atom. The highest BCUT2D eigenvalue weighted by Crippen LogP contribution is 2.15. The van der Waals surface area contributed by atoms with E-state index in [0.29, 0.717) is 6.61 Å². The first kappa shape index (κ1) is 30.5. The molecule has 0 aliphatic carbocycles. The molecule has 0 spiro atoms. The Hall–Kier alpha value is -0.530. The summed E-state index contributed by atoms with van der Waals surface area (Å²) in [6.07, 6.45) is 36.7. The first-order valence-corrected chi connectivity index (χ1v) is 14.4. The molecular weight excluding hydrogens is 380 g/mol. The summed E-state index contributed by atoms with van der Waals surface area (Å²) in [4.78, 5) is 9.90. The van der Waals surface area contributed by atoms with Gasteiger partial charge < -0.3 is 4.74 Å². The fourth-order valence-corrected chi connectivity index (χ4v) is 4.53. The molecule has 0 N–H and O–H groups in total. The van der Waals surface area contributed by atoms with E-state index in [9.17, 15) is 4.79 Å². The standard InChI is InChI=1S/C29H57O2/c1-2-3-4-5-6-7-8-9-10-11-12-13-14-15-16-17-18-19-20-21-22-23-24-25-26-27-28-31-29-30/h2-28H2,1H3. The number of rotatable bonds is 28. The van der Waals surface area contributed by atoms with Gasteiger partial charge in [-0.25, -0.2) is 4.79 Å². The van der Waals surface area contributed by atoms with Gasteiger partial charge in [-0.1, -0.05) is 167 Å². The lowest BCUT2D eigenvalue weighted by Gasteiger charge is -2.04. The Bertz CT molecular complexity index is 316. The lowest BCUT2D eigenvalue weighted by Crippen LogP contribution is -1.91. The molecule has 0 aromatic rings. The fraction of sp³-hybridized carbons (Fsp3) is 0.966. The fourth-order valence-electron chi connectivity index (χ4n) is 4.53. The van der Waals surface area contributed by atoms with Crippen molar-refractivity contribution in [2.75, 3.05) is 6.61 Å². The second-order valence-electron chi connectivity index (χ2n) is 9.77. The summed E-state index contributed by atoms with van der Waals surface area (Å²) in [5.41, 5.74) is 0. The molecule has 0 saturated heterocycles. The van der Waals surface area contributed by atoms with Gasteiger partial charge in [0.25, 0.3) is 0 Å². The quantitative estimate of drug-likeness (QED) is 0.114. The van der Waals surface area contributed by atoms with Gasteiger partial charge in [0.05, 0.1) is 6.61 Å². The first-order chi connectivity index (χ1) is 15.4. The van der Waals surface area contributed by atoms with Crippen LogP contribution in [0.15, 0.2) is 0 Å². The van der Waals surface area contributed by atoms with E-state index in [-0.39, 0.29) is 0 Å². The van der Waals surface area contributed by atoms with E-state index in [2.05, 4.69) is 11.7 Å². The summed E-state index contributed by atoms with van der Waals surface area (Å²) in [5.74, 6) is 0. The van der Waals surface area contributed by atoms with Crippen molar-refractivity contribution >= 4 is 6.47 Å². The van der Waals surface area contributed by atoms with Crippen molar-refractivity contribution in [3.63, 3.8) is 0 Å². The lowest BCUT2D eigenvalue weighted by atomic mass is 10.0. The molecule has 0 aliphatic rings. The van der Waals surface area contributed by atoms with Crippen LogP contribution < -0.4 is 0 Å². The van der Waals surface area contributed by atoms with Crippen molar-refractivity contribution in [3.8, 4) is 0 Å². The van der Waals surface area contributed by atoms with Crippen LogP contribution in [-0.4, -0.2) is 13.1 Å². The van der Waals surface area contributed by atoms with Gasteiger partial charge in [-0.3, -0.25) is 0 Å². The Labute approximate surface area is 196 Å². The van der Waals surface area contributed by atoms with Gasteiger partial charge in [0.2, 0.25) is 0 Å². The van der Waals surface area contributed by atoms with Gasteiger partial charge in [0.1, 0.15) is 0 Å². The summed E-state index contributed by atoms with van der Waals surface area (Å²) in [5, 5.41) is 0. The lowest BCUT2D eigenvalue weighted by molar-refractivity contribution is 0.268. The third kappa shape index (κ3) is 29.5. The molecule has 0 fully saturated rings. The zero-order valence-corrected chi connectivity index (χ0v) is 21.4. The van der Waals surface area contributed by atoms with Crippen LogP contribution in [0.2, 0.25) is 0 Å². The SMILES string of the molecule is CCCCCCCCCCCCCCCCCCCCCCCCCCCCO[C]=O. The van der Waals surface area contributed by atoms with E-state index in [0.717, 1.165) is 6.42 Å². The topological polar surface area (TPSA) is 26.3 Å². The average molecular weight is 438 g/mol. The molecule has 0 amide bonds. The Morgan fingerprint density at radius 2 is 0.613 bits per heavy atom. The van der Waals surface area contributed by atoms with E-state index in [1.165, 1.54) is 167 Å². The number of hydrogen-bond acceptors (Lipinski definition) is 2. The molecule has 0 aliphatic heterocycles. The van der Waals surface area contributed by atoms with Gasteiger partial charge in [-0.2, -0.15) is 0 Å². The Morgan fingerprint density at radius 1 is 0.387 bits per heavy atom. The van der Waals surface area contributed by atoms with Crippen LogP contribution >= 0.6 is 0 Å². The summed E-state index contributed by atoms with van der Waals surface area (Å²) >= 11 is 0. The normalized spacial score (nSPS) is 11.1. The van der Waals surface area contributed by atoms with Gasteiger partial charge in [-0.15, -0.1) is 0 Å². The molecule has 0 atom stereocenters. The van der Waals surface area contributed by atoms with Crippen molar-refractivity contribution in [3.05, 3.63) is 0 Å². The molecule has 0 aromatic carbocycles. The molecule has 1 radical (unpaired) electrons. The van der Waals surface area contributed by atoms with Crippen LogP contribution in [0.1, 0.15) is 174 Å². The van der Waals surface area contributed by atoms with Crippen LogP contribution in [0, 0.1) is 0 Å². The Kier molecular flexibility index (Phi) is 29.0. The minimum Gasteiger partial charge on any atom is -0.457 e. The Balaban J connectivity index is 2.98.